The minimum atomic E-state index is -3.74. The lowest BCUT2D eigenvalue weighted by molar-refractivity contribution is -0.137. The van der Waals surface area contributed by atoms with Crippen LogP contribution in [0.5, 0.6) is 5.75 Å². The number of sulfonamides is 1. The summed E-state index contributed by atoms with van der Waals surface area (Å²) in [4.78, 5) is 12.0. The molecule has 2 aliphatic carbocycles. The molecular formula is C37H46N4O5S. The van der Waals surface area contributed by atoms with Crippen LogP contribution in [0.3, 0.4) is 0 Å². The number of hydrogen-bond donors (Lipinski definition) is 1. The second kappa shape index (κ2) is 13.8. The lowest BCUT2D eigenvalue weighted by atomic mass is 9.79. The Morgan fingerprint density at radius 3 is 2.47 bits per heavy atom. The van der Waals surface area contributed by atoms with Crippen molar-refractivity contribution in [3.05, 3.63) is 82.4 Å². The number of nitrogens with zero attached hydrogens (tertiary/aromatic N) is 4. The van der Waals surface area contributed by atoms with Gasteiger partial charge in [-0.25, -0.2) is 13.1 Å². The predicted octanol–water partition coefficient (Wildman–Crippen LogP) is 7.18. The van der Waals surface area contributed by atoms with Gasteiger partial charge in [-0.1, -0.05) is 67.6 Å². The van der Waals surface area contributed by atoms with E-state index in [1.807, 2.05) is 49.4 Å². The van der Waals surface area contributed by atoms with E-state index in [1.165, 1.54) is 54.8 Å². The molecule has 250 valence electrons. The number of fused-ring (bicyclic) bond motifs is 1. The lowest BCUT2D eigenvalue weighted by Crippen LogP contribution is -2.27. The number of carbonyl (C=O) groups is 1. The Morgan fingerprint density at radius 2 is 1.77 bits per heavy atom. The Morgan fingerprint density at radius 1 is 1.02 bits per heavy atom. The van der Waals surface area contributed by atoms with E-state index in [4.69, 9.17) is 4.74 Å². The molecule has 1 aromatic heterocycles. The number of benzene rings is 3. The summed E-state index contributed by atoms with van der Waals surface area (Å²) in [5.74, 6) is 1.52. The summed E-state index contributed by atoms with van der Waals surface area (Å²) in [6.45, 7) is 2.16. The highest BCUT2D eigenvalue weighted by molar-refractivity contribution is 7.89. The SMILES string of the molecule is COc1cc(C(CCC(=O)O)c2ccc(C)c(CN(C)S(=O)(=O)c3ccc(C4CCC[C@@H]4C4CCCC4)cc3)c2)cc2nnn(C)c12. The van der Waals surface area contributed by atoms with Crippen molar-refractivity contribution in [2.75, 3.05) is 14.2 Å². The average molecular weight is 659 g/mol. The first-order valence-electron chi connectivity index (χ1n) is 16.8. The zero-order valence-corrected chi connectivity index (χ0v) is 28.7. The van der Waals surface area contributed by atoms with E-state index in [9.17, 15) is 18.3 Å². The summed E-state index contributed by atoms with van der Waals surface area (Å²) in [6.07, 6.45) is 9.43. The highest BCUT2D eigenvalue weighted by Crippen LogP contribution is 2.48. The van der Waals surface area contributed by atoms with Crippen molar-refractivity contribution < 1.29 is 23.1 Å². The fourth-order valence-corrected chi connectivity index (χ4v) is 9.30. The van der Waals surface area contributed by atoms with Crippen LogP contribution in [0.4, 0.5) is 0 Å². The molecule has 0 radical (unpaired) electrons. The van der Waals surface area contributed by atoms with Gasteiger partial charge in [0, 0.05) is 33.0 Å². The first-order chi connectivity index (χ1) is 22.6. The second-order valence-electron chi connectivity index (χ2n) is 13.6. The number of carboxylic acids is 1. The summed E-state index contributed by atoms with van der Waals surface area (Å²) < 4.78 is 36.3. The van der Waals surface area contributed by atoms with E-state index in [0.29, 0.717) is 28.5 Å². The van der Waals surface area contributed by atoms with Crippen molar-refractivity contribution in [1.29, 1.82) is 0 Å². The summed E-state index contributed by atoms with van der Waals surface area (Å²) in [5.41, 5.74) is 6.29. The van der Waals surface area contributed by atoms with Crippen LogP contribution in [0.2, 0.25) is 0 Å². The highest BCUT2D eigenvalue weighted by atomic mass is 32.2. The van der Waals surface area contributed by atoms with E-state index in [2.05, 4.69) is 10.3 Å². The fourth-order valence-electron chi connectivity index (χ4n) is 8.15. The van der Waals surface area contributed by atoms with Gasteiger partial charge in [0.1, 0.15) is 16.8 Å². The van der Waals surface area contributed by atoms with Crippen molar-refractivity contribution >= 4 is 27.0 Å². The standard InChI is InChI=1S/C37H46N4O5S/c1-24-12-13-27(31(18-19-36(42)43)28-21-34-37(35(22-28)46-4)41(3)39-38-34)20-29(24)23-40(2)47(44,45)30-16-14-26(15-17-30)33-11-7-10-32(33)25-8-5-6-9-25/h12-17,20-22,25,31-33H,5-11,18-19,23H2,1-4H3,(H,42,43)/t31?,32-,33?/m1/s1. The van der Waals surface area contributed by atoms with Gasteiger partial charge in [-0.15, -0.1) is 5.10 Å². The van der Waals surface area contributed by atoms with Crippen LogP contribution in [-0.2, 0) is 28.4 Å². The van der Waals surface area contributed by atoms with Crippen LogP contribution < -0.4 is 4.74 Å². The fraction of sp³-hybridized carbons (Fsp3) is 0.486. The minimum Gasteiger partial charge on any atom is -0.494 e. The van der Waals surface area contributed by atoms with Crippen molar-refractivity contribution in [1.82, 2.24) is 19.3 Å². The van der Waals surface area contributed by atoms with Crippen molar-refractivity contribution in [2.24, 2.45) is 18.9 Å². The molecule has 1 heterocycles. The third kappa shape index (κ3) is 6.81. The molecule has 4 aromatic rings. The molecule has 0 amide bonds. The average Bonchev–Trinajstić information content (AvgIpc) is 3.84. The predicted molar refractivity (Wildman–Crippen MR) is 182 cm³/mol. The Kier molecular flexibility index (Phi) is 9.71. The summed E-state index contributed by atoms with van der Waals surface area (Å²) in [5, 5.41) is 18.0. The third-order valence-electron chi connectivity index (χ3n) is 10.7. The van der Waals surface area contributed by atoms with Crippen LogP contribution in [0.1, 0.15) is 97.4 Å². The molecule has 1 N–H and O–H groups in total. The van der Waals surface area contributed by atoms with Gasteiger partial charge >= 0.3 is 5.97 Å². The topological polar surface area (TPSA) is 115 Å². The number of carboxylic acid groups (broad SMARTS) is 1. The van der Waals surface area contributed by atoms with Crippen molar-refractivity contribution in [3.63, 3.8) is 0 Å². The smallest absolute Gasteiger partial charge is 0.303 e. The summed E-state index contributed by atoms with van der Waals surface area (Å²) in [7, 11) is 1.27. The number of methoxy groups -OCH3 is 1. The molecule has 10 heteroatoms. The molecule has 3 aromatic carbocycles. The number of aliphatic carboxylic acids is 1. The van der Waals surface area contributed by atoms with Gasteiger partial charge in [-0.2, -0.15) is 4.31 Å². The van der Waals surface area contributed by atoms with Crippen molar-refractivity contribution in [2.45, 2.75) is 88.0 Å². The summed E-state index contributed by atoms with van der Waals surface area (Å²) >= 11 is 0. The molecule has 2 saturated carbocycles. The molecule has 2 aliphatic rings. The molecular weight excluding hydrogens is 612 g/mol. The normalized spacial score (nSPS) is 19.5. The van der Waals surface area contributed by atoms with Gasteiger partial charge in [-0.3, -0.25) is 4.79 Å². The van der Waals surface area contributed by atoms with Crippen LogP contribution in [-0.4, -0.2) is 53.0 Å². The van der Waals surface area contributed by atoms with Gasteiger partial charge in [0.05, 0.1) is 12.0 Å². The maximum atomic E-state index is 13.8. The monoisotopic (exact) mass is 658 g/mol. The van der Waals surface area contributed by atoms with E-state index in [-0.39, 0.29) is 18.9 Å². The quantitative estimate of drug-likeness (QED) is 0.172. The van der Waals surface area contributed by atoms with E-state index in [0.717, 1.165) is 39.6 Å². The third-order valence-corrected chi connectivity index (χ3v) is 12.5. The van der Waals surface area contributed by atoms with Crippen LogP contribution in [0.25, 0.3) is 11.0 Å². The molecule has 0 saturated heterocycles. The molecule has 0 bridgehead atoms. The highest BCUT2D eigenvalue weighted by Gasteiger charge is 2.36. The molecule has 47 heavy (non-hydrogen) atoms. The molecule has 6 rings (SSSR count). The van der Waals surface area contributed by atoms with Crippen LogP contribution in [0.15, 0.2) is 59.5 Å². The Balaban J connectivity index is 1.24. The number of ether oxygens (including phenoxy) is 1. The number of aryl methyl sites for hydroxylation is 2. The number of hydrogen-bond acceptors (Lipinski definition) is 6. The number of rotatable bonds is 12. The molecule has 3 atom stereocenters. The minimum absolute atomic E-state index is 0.0266. The molecule has 0 aliphatic heterocycles. The van der Waals surface area contributed by atoms with Gasteiger partial charge < -0.3 is 9.84 Å². The Bertz CT molecular complexity index is 1850. The maximum absolute atomic E-state index is 13.8. The van der Waals surface area contributed by atoms with Crippen molar-refractivity contribution in [3.8, 4) is 5.75 Å². The molecule has 9 nitrogen and oxygen atoms in total. The zero-order valence-electron chi connectivity index (χ0n) is 27.9. The van der Waals surface area contributed by atoms with E-state index >= 15 is 0 Å². The van der Waals surface area contributed by atoms with Crippen LogP contribution >= 0.6 is 0 Å². The van der Waals surface area contributed by atoms with E-state index < -0.39 is 16.0 Å². The second-order valence-corrected chi connectivity index (χ2v) is 15.6. The molecule has 2 unspecified atom stereocenters. The van der Waals surface area contributed by atoms with E-state index in [1.54, 1.807) is 38.0 Å². The maximum Gasteiger partial charge on any atom is 0.303 e. The van der Waals surface area contributed by atoms with Gasteiger partial charge in [0.25, 0.3) is 0 Å². The first-order valence-corrected chi connectivity index (χ1v) is 18.3. The summed E-state index contributed by atoms with van der Waals surface area (Å²) in [6, 6.07) is 17.5. The number of aromatic nitrogens is 3. The van der Waals surface area contributed by atoms with Gasteiger partial charge in [0.2, 0.25) is 10.0 Å². The molecule has 2 fully saturated rings. The first kappa shape index (κ1) is 33.2. The van der Waals surface area contributed by atoms with Gasteiger partial charge in [0.15, 0.2) is 0 Å². The molecule has 0 spiro atoms. The van der Waals surface area contributed by atoms with Gasteiger partial charge in [-0.05, 0) is 96.0 Å². The van der Waals surface area contributed by atoms with Crippen LogP contribution in [0, 0.1) is 18.8 Å². The Hall–Kier alpha value is -3.76. The lowest BCUT2D eigenvalue weighted by Gasteiger charge is -2.26. The Labute approximate surface area is 278 Å². The zero-order chi connectivity index (χ0) is 33.3. The largest absolute Gasteiger partial charge is 0.494 e.